The second kappa shape index (κ2) is 6.38. The molecule has 2 amide bonds. The fraction of sp³-hybridized carbons (Fsp3) is 0.308. The van der Waals surface area contributed by atoms with E-state index in [-0.39, 0.29) is 11.8 Å². The minimum absolute atomic E-state index is 0.0457. The molecule has 0 aliphatic heterocycles. The van der Waals surface area contributed by atoms with Crippen LogP contribution in [0.1, 0.15) is 12.5 Å². The van der Waals surface area contributed by atoms with Gasteiger partial charge in [0.25, 0.3) is 0 Å². The highest BCUT2D eigenvalue weighted by molar-refractivity contribution is 7.89. The van der Waals surface area contributed by atoms with Crippen molar-refractivity contribution in [2.45, 2.75) is 12.7 Å². The van der Waals surface area contributed by atoms with Gasteiger partial charge in [0.2, 0.25) is 0 Å². The summed E-state index contributed by atoms with van der Waals surface area (Å²) >= 11 is 0. The average Bonchev–Trinajstić information content (AvgIpc) is 2.24. The van der Waals surface area contributed by atoms with Crippen LogP contribution in [0.3, 0.4) is 0 Å². The van der Waals surface area contributed by atoms with E-state index in [1.165, 1.54) is 6.26 Å². The number of rotatable bonds is 5. The third kappa shape index (κ3) is 6.61. The second-order valence-corrected chi connectivity index (χ2v) is 6.68. The van der Waals surface area contributed by atoms with E-state index in [4.69, 9.17) is 0 Å². The number of hydrogen-bond acceptors (Lipinski definition) is 3. The Morgan fingerprint density at radius 1 is 1.37 bits per heavy atom. The molecule has 0 saturated carbocycles. The van der Waals surface area contributed by atoms with Crippen LogP contribution in [-0.2, 0) is 15.6 Å². The summed E-state index contributed by atoms with van der Waals surface area (Å²) in [6.45, 7) is 5.89. The van der Waals surface area contributed by atoms with E-state index in [0.29, 0.717) is 17.8 Å². The molecule has 0 aliphatic rings. The van der Waals surface area contributed by atoms with Gasteiger partial charge in [-0.3, -0.25) is 0 Å². The Kier molecular flexibility index (Phi) is 5.11. The Morgan fingerprint density at radius 3 is 2.63 bits per heavy atom. The van der Waals surface area contributed by atoms with Crippen molar-refractivity contribution in [3.05, 3.63) is 42.0 Å². The number of carbonyl (C=O) groups excluding carboxylic acids is 1. The average molecular weight is 282 g/mol. The van der Waals surface area contributed by atoms with E-state index in [1.807, 2.05) is 6.92 Å². The third-order valence-corrected chi connectivity index (χ3v) is 3.02. The molecule has 19 heavy (non-hydrogen) atoms. The first kappa shape index (κ1) is 15.2. The molecule has 0 fully saturated rings. The SMILES string of the molecule is C=C(C)CNC(=O)Nc1cccc(CS(C)(=O)=O)c1. The molecule has 0 spiro atoms. The van der Waals surface area contributed by atoms with Gasteiger partial charge in [-0.15, -0.1) is 0 Å². The van der Waals surface area contributed by atoms with Crippen molar-refractivity contribution in [2.75, 3.05) is 18.1 Å². The maximum Gasteiger partial charge on any atom is 0.319 e. The maximum atomic E-state index is 11.5. The van der Waals surface area contributed by atoms with Crippen LogP contribution in [-0.4, -0.2) is 27.2 Å². The second-order valence-electron chi connectivity index (χ2n) is 4.54. The Balaban J connectivity index is 2.67. The molecule has 0 radical (unpaired) electrons. The van der Waals surface area contributed by atoms with Crippen LogP contribution in [0.15, 0.2) is 36.4 Å². The van der Waals surface area contributed by atoms with Crippen LogP contribution >= 0.6 is 0 Å². The highest BCUT2D eigenvalue weighted by Gasteiger charge is 2.06. The van der Waals surface area contributed by atoms with Gasteiger partial charge in [-0.1, -0.05) is 24.3 Å². The number of anilines is 1. The topological polar surface area (TPSA) is 75.3 Å². The van der Waals surface area contributed by atoms with Crippen molar-refractivity contribution in [3.63, 3.8) is 0 Å². The van der Waals surface area contributed by atoms with Crippen molar-refractivity contribution in [1.29, 1.82) is 0 Å². The first-order chi connectivity index (χ1) is 8.76. The monoisotopic (exact) mass is 282 g/mol. The minimum Gasteiger partial charge on any atom is -0.334 e. The van der Waals surface area contributed by atoms with E-state index < -0.39 is 9.84 Å². The Morgan fingerprint density at radius 2 is 2.05 bits per heavy atom. The standard InChI is InChI=1S/C13H18N2O3S/c1-10(2)8-14-13(16)15-12-6-4-5-11(7-12)9-19(3,17)18/h4-7H,1,8-9H2,2-3H3,(H2,14,15,16). The fourth-order valence-corrected chi connectivity index (χ4v) is 2.23. The zero-order valence-corrected chi connectivity index (χ0v) is 11.9. The molecule has 0 bridgehead atoms. The number of urea groups is 1. The molecule has 0 unspecified atom stereocenters. The lowest BCUT2D eigenvalue weighted by Crippen LogP contribution is -2.29. The highest BCUT2D eigenvalue weighted by Crippen LogP contribution is 2.12. The zero-order chi connectivity index (χ0) is 14.5. The number of benzene rings is 1. The summed E-state index contributed by atoms with van der Waals surface area (Å²) in [6.07, 6.45) is 1.17. The van der Waals surface area contributed by atoms with Gasteiger partial charge in [-0.05, 0) is 24.6 Å². The number of carbonyl (C=O) groups is 1. The number of nitrogens with one attached hydrogen (secondary N) is 2. The molecule has 0 heterocycles. The highest BCUT2D eigenvalue weighted by atomic mass is 32.2. The molecule has 1 rings (SSSR count). The van der Waals surface area contributed by atoms with Gasteiger partial charge in [0.1, 0.15) is 0 Å². The van der Waals surface area contributed by atoms with E-state index in [0.717, 1.165) is 5.57 Å². The Labute approximate surface area is 113 Å². The van der Waals surface area contributed by atoms with Gasteiger partial charge in [-0.25, -0.2) is 13.2 Å². The Bertz CT molecular complexity index is 579. The molecule has 0 atom stereocenters. The third-order valence-electron chi connectivity index (χ3n) is 2.16. The van der Waals surface area contributed by atoms with Gasteiger partial charge in [0, 0.05) is 18.5 Å². The first-order valence-corrected chi connectivity index (χ1v) is 7.78. The van der Waals surface area contributed by atoms with Crippen LogP contribution < -0.4 is 10.6 Å². The predicted octanol–water partition coefficient (Wildman–Crippen LogP) is 1.93. The summed E-state index contributed by atoms with van der Waals surface area (Å²) in [5, 5.41) is 5.27. The molecule has 0 aliphatic carbocycles. The van der Waals surface area contributed by atoms with Crippen molar-refractivity contribution in [1.82, 2.24) is 5.32 Å². The molecule has 0 aromatic heterocycles. The molecule has 2 N–H and O–H groups in total. The van der Waals surface area contributed by atoms with Gasteiger partial charge in [0.15, 0.2) is 9.84 Å². The fourth-order valence-electron chi connectivity index (χ4n) is 1.45. The van der Waals surface area contributed by atoms with Crippen molar-refractivity contribution < 1.29 is 13.2 Å². The summed E-state index contributed by atoms with van der Waals surface area (Å²) in [4.78, 5) is 11.5. The normalized spacial score (nSPS) is 10.8. The van der Waals surface area contributed by atoms with E-state index in [1.54, 1.807) is 24.3 Å². The van der Waals surface area contributed by atoms with Crippen molar-refractivity contribution in [2.24, 2.45) is 0 Å². The van der Waals surface area contributed by atoms with Crippen LogP contribution in [0, 0.1) is 0 Å². The molecule has 6 heteroatoms. The van der Waals surface area contributed by atoms with E-state index in [9.17, 15) is 13.2 Å². The number of hydrogen-bond donors (Lipinski definition) is 2. The molecule has 104 valence electrons. The Hall–Kier alpha value is -1.82. The first-order valence-electron chi connectivity index (χ1n) is 5.72. The summed E-state index contributed by atoms with van der Waals surface area (Å²) < 4.78 is 22.4. The molecule has 1 aromatic carbocycles. The van der Waals surface area contributed by atoms with Gasteiger partial charge >= 0.3 is 6.03 Å². The summed E-state index contributed by atoms with van der Waals surface area (Å²) in [7, 11) is -3.08. The van der Waals surface area contributed by atoms with Gasteiger partial charge < -0.3 is 10.6 Å². The van der Waals surface area contributed by atoms with Crippen LogP contribution in [0.2, 0.25) is 0 Å². The summed E-state index contributed by atoms with van der Waals surface area (Å²) in [5.74, 6) is -0.0457. The lowest BCUT2D eigenvalue weighted by molar-refractivity contribution is 0.253. The van der Waals surface area contributed by atoms with Crippen LogP contribution in [0.5, 0.6) is 0 Å². The predicted molar refractivity (Wildman–Crippen MR) is 76.8 cm³/mol. The van der Waals surface area contributed by atoms with Gasteiger partial charge in [-0.2, -0.15) is 0 Å². The van der Waals surface area contributed by atoms with E-state index >= 15 is 0 Å². The van der Waals surface area contributed by atoms with Gasteiger partial charge in [0.05, 0.1) is 5.75 Å². The largest absolute Gasteiger partial charge is 0.334 e. The molecule has 1 aromatic rings. The molecule has 0 saturated heterocycles. The molecular weight excluding hydrogens is 264 g/mol. The number of amides is 2. The lowest BCUT2D eigenvalue weighted by Gasteiger charge is -2.08. The van der Waals surface area contributed by atoms with Crippen molar-refractivity contribution in [3.8, 4) is 0 Å². The summed E-state index contributed by atoms with van der Waals surface area (Å²) in [6, 6.07) is 6.40. The lowest BCUT2D eigenvalue weighted by atomic mass is 10.2. The minimum atomic E-state index is -3.08. The molecule has 5 nitrogen and oxygen atoms in total. The zero-order valence-electron chi connectivity index (χ0n) is 11.1. The van der Waals surface area contributed by atoms with Crippen LogP contribution in [0.4, 0.5) is 10.5 Å². The van der Waals surface area contributed by atoms with Crippen LogP contribution in [0.25, 0.3) is 0 Å². The van der Waals surface area contributed by atoms with Crippen molar-refractivity contribution >= 4 is 21.6 Å². The van der Waals surface area contributed by atoms with E-state index in [2.05, 4.69) is 17.2 Å². The quantitative estimate of drug-likeness (QED) is 0.810. The maximum absolute atomic E-state index is 11.5. The summed E-state index contributed by atoms with van der Waals surface area (Å²) in [5.41, 5.74) is 2.04. The number of sulfone groups is 1. The smallest absolute Gasteiger partial charge is 0.319 e. The molecular formula is C13H18N2O3S.